The number of pyridine rings is 1. The molecule has 236 valence electrons. The van der Waals surface area contributed by atoms with E-state index in [9.17, 15) is 27.1 Å². The molecule has 1 saturated heterocycles. The van der Waals surface area contributed by atoms with E-state index in [1.54, 1.807) is 53.3 Å². The molecule has 0 amide bonds. The summed E-state index contributed by atoms with van der Waals surface area (Å²) in [5, 5.41) is 18.2. The highest BCUT2D eigenvalue weighted by Crippen LogP contribution is 2.41. The normalized spacial score (nSPS) is 20.3. The Morgan fingerprint density at radius 3 is 2.71 bits per heavy atom. The first-order valence-electron chi connectivity index (χ1n) is 15.3. The molecule has 2 aliphatic heterocycles. The van der Waals surface area contributed by atoms with Crippen LogP contribution in [0.3, 0.4) is 0 Å². The fraction of sp³-hybridized carbons (Fsp3) is 0.438. The summed E-state index contributed by atoms with van der Waals surface area (Å²) in [7, 11) is -3.91. The van der Waals surface area contributed by atoms with Crippen molar-refractivity contribution in [3.63, 3.8) is 0 Å². The zero-order valence-corrected chi connectivity index (χ0v) is 25.6. The molecular weight excluding hydrogens is 602 g/mol. The van der Waals surface area contributed by atoms with Gasteiger partial charge < -0.3 is 10.0 Å². The van der Waals surface area contributed by atoms with E-state index in [2.05, 4.69) is 20.2 Å². The lowest BCUT2D eigenvalue weighted by molar-refractivity contribution is -0.137. The van der Waals surface area contributed by atoms with E-state index < -0.39 is 34.8 Å². The van der Waals surface area contributed by atoms with Gasteiger partial charge in [0.05, 0.1) is 17.5 Å². The van der Waals surface area contributed by atoms with Gasteiger partial charge >= 0.3 is 5.97 Å². The molecule has 4 heterocycles. The quantitative estimate of drug-likeness (QED) is 0.264. The SMILES string of the molecule is Cc1ccc(C(CC(=O)O)c2ccc3c(nnn3CC3CC3)c2C(F)F)cc1CN1C[C@H]2CCCN2c2ncccc2S1(=O)=O. The van der Waals surface area contributed by atoms with Crippen molar-refractivity contribution in [1.29, 1.82) is 0 Å². The number of nitrogens with zero attached hydrogens (tertiary/aromatic N) is 6. The molecule has 1 unspecified atom stereocenters. The Morgan fingerprint density at radius 2 is 1.96 bits per heavy atom. The summed E-state index contributed by atoms with van der Waals surface area (Å²) in [5.74, 6) is -1.12. The molecule has 1 saturated carbocycles. The summed E-state index contributed by atoms with van der Waals surface area (Å²) >= 11 is 0. The molecule has 0 radical (unpaired) electrons. The van der Waals surface area contributed by atoms with Gasteiger partial charge in [0.15, 0.2) is 0 Å². The number of aliphatic carboxylic acids is 1. The molecule has 4 aromatic rings. The molecule has 13 heteroatoms. The summed E-state index contributed by atoms with van der Waals surface area (Å²) in [6.07, 6.45) is 2.19. The van der Waals surface area contributed by atoms with Crippen molar-refractivity contribution in [2.24, 2.45) is 5.92 Å². The van der Waals surface area contributed by atoms with Crippen molar-refractivity contribution in [2.45, 2.75) is 75.4 Å². The van der Waals surface area contributed by atoms with Gasteiger partial charge in [-0.2, -0.15) is 4.31 Å². The highest BCUT2D eigenvalue weighted by molar-refractivity contribution is 7.89. The van der Waals surface area contributed by atoms with E-state index in [-0.39, 0.29) is 40.7 Å². The average Bonchev–Trinajstić information content (AvgIpc) is 3.58. The van der Waals surface area contributed by atoms with Gasteiger partial charge in [-0.25, -0.2) is 26.9 Å². The van der Waals surface area contributed by atoms with E-state index in [0.29, 0.717) is 34.9 Å². The molecule has 45 heavy (non-hydrogen) atoms. The molecular formula is C32H34F2N6O4S. The molecule has 3 aliphatic rings. The van der Waals surface area contributed by atoms with Crippen molar-refractivity contribution >= 4 is 32.8 Å². The zero-order chi connectivity index (χ0) is 31.5. The zero-order valence-electron chi connectivity index (χ0n) is 24.8. The number of hydrogen-bond donors (Lipinski definition) is 1. The van der Waals surface area contributed by atoms with E-state index in [0.717, 1.165) is 37.8 Å². The van der Waals surface area contributed by atoms with Crippen LogP contribution in [0.2, 0.25) is 0 Å². The summed E-state index contributed by atoms with van der Waals surface area (Å²) < 4.78 is 60.5. The van der Waals surface area contributed by atoms with Crippen molar-refractivity contribution in [3.8, 4) is 0 Å². The van der Waals surface area contributed by atoms with Gasteiger partial charge in [0.1, 0.15) is 16.2 Å². The number of carbonyl (C=O) groups is 1. The number of carboxylic acid groups (broad SMARTS) is 1. The molecule has 2 atom stereocenters. The Labute approximate surface area is 259 Å². The van der Waals surface area contributed by atoms with E-state index in [1.807, 2.05) is 6.92 Å². The molecule has 0 spiro atoms. The number of rotatable bonds is 9. The number of carboxylic acids is 1. The molecule has 2 aromatic carbocycles. The molecule has 7 rings (SSSR count). The number of benzene rings is 2. The maximum Gasteiger partial charge on any atom is 0.304 e. The van der Waals surface area contributed by atoms with Crippen molar-refractivity contribution in [2.75, 3.05) is 18.0 Å². The number of fused-ring (bicyclic) bond motifs is 4. The Hall–Kier alpha value is -3.97. The molecule has 2 aromatic heterocycles. The van der Waals surface area contributed by atoms with Crippen molar-refractivity contribution in [3.05, 3.63) is 76.5 Å². The topological polar surface area (TPSA) is 122 Å². The first-order chi connectivity index (χ1) is 21.6. The molecule has 1 N–H and O–H groups in total. The lowest BCUT2D eigenvalue weighted by Gasteiger charge is -2.26. The van der Waals surface area contributed by atoms with Gasteiger partial charge in [-0.15, -0.1) is 5.10 Å². The maximum atomic E-state index is 14.8. The van der Waals surface area contributed by atoms with Crippen LogP contribution >= 0.6 is 0 Å². The standard InChI is InChI=1S/C32H34F2N6O4S/c1-19-6-9-21(14-22(19)17-38-18-23-4-3-13-39(23)32-27(45(38,43)44)5-2-12-35-32)25(15-28(41)42)24-10-11-26-30(29(24)31(33)34)36-37-40(26)16-20-7-8-20/h2,5-6,9-12,14,20,23,25,31H,3-4,7-8,13,15-18H2,1H3,(H,41,42)/t23-,25?/m1/s1. The first kappa shape index (κ1) is 29.7. The Bertz CT molecular complexity index is 1890. The van der Waals surface area contributed by atoms with Gasteiger partial charge in [-0.05, 0) is 79.0 Å². The molecule has 2 fully saturated rings. The smallest absolute Gasteiger partial charge is 0.304 e. The minimum absolute atomic E-state index is 0.0205. The van der Waals surface area contributed by atoms with Crippen LogP contribution in [0.25, 0.3) is 11.0 Å². The minimum Gasteiger partial charge on any atom is -0.481 e. The first-order valence-corrected chi connectivity index (χ1v) is 16.7. The largest absolute Gasteiger partial charge is 0.481 e. The number of halogens is 2. The second-order valence-electron chi connectivity index (χ2n) is 12.4. The third-order valence-electron chi connectivity index (χ3n) is 9.42. The van der Waals surface area contributed by atoms with Crippen LogP contribution in [0.1, 0.15) is 72.3 Å². The Morgan fingerprint density at radius 1 is 1.13 bits per heavy atom. The van der Waals surface area contributed by atoms with Crippen molar-refractivity contribution < 1.29 is 27.1 Å². The Balaban J connectivity index is 1.28. The highest BCUT2D eigenvalue weighted by atomic mass is 32.2. The number of hydrogen-bond acceptors (Lipinski definition) is 7. The van der Waals surface area contributed by atoms with Crippen molar-refractivity contribution in [1.82, 2.24) is 24.3 Å². The van der Waals surface area contributed by atoms with Crippen LogP contribution in [0, 0.1) is 12.8 Å². The molecule has 0 bridgehead atoms. The molecule has 10 nitrogen and oxygen atoms in total. The van der Waals surface area contributed by atoms with E-state index in [1.165, 1.54) is 4.31 Å². The van der Waals surface area contributed by atoms with Crippen LogP contribution < -0.4 is 4.90 Å². The lowest BCUT2D eigenvalue weighted by Crippen LogP contribution is -2.39. The van der Waals surface area contributed by atoms with Gasteiger partial charge in [0.2, 0.25) is 10.0 Å². The van der Waals surface area contributed by atoms with E-state index >= 15 is 0 Å². The average molecular weight is 637 g/mol. The minimum atomic E-state index is -3.91. The number of alkyl halides is 2. The number of aryl methyl sites for hydroxylation is 1. The fourth-order valence-corrected chi connectivity index (χ4v) is 8.47. The fourth-order valence-electron chi connectivity index (χ4n) is 6.86. The monoisotopic (exact) mass is 636 g/mol. The number of sulfonamides is 1. The summed E-state index contributed by atoms with van der Waals surface area (Å²) in [6, 6.07) is 11.8. The van der Waals surface area contributed by atoms with Gasteiger partial charge in [0.25, 0.3) is 6.43 Å². The van der Waals surface area contributed by atoms with Crippen LogP contribution in [-0.2, 0) is 27.9 Å². The van der Waals surface area contributed by atoms with Crippen LogP contribution in [0.15, 0.2) is 53.6 Å². The predicted octanol–water partition coefficient (Wildman–Crippen LogP) is 5.26. The predicted molar refractivity (Wildman–Crippen MR) is 163 cm³/mol. The van der Waals surface area contributed by atoms with Crippen LogP contribution in [0.5, 0.6) is 0 Å². The summed E-state index contributed by atoms with van der Waals surface area (Å²) in [4.78, 5) is 18.8. The number of anilines is 1. The maximum absolute atomic E-state index is 14.8. The number of aromatic nitrogens is 4. The third-order valence-corrected chi connectivity index (χ3v) is 11.2. The van der Waals surface area contributed by atoms with Crippen LogP contribution in [-0.4, -0.2) is 62.9 Å². The van der Waals surface area contributed by atoms with E-state index in [4.69, 9.17) is 0 Å². The summed E-state index contributed by atoms with van der Waals surface area (Å²) in [6.45, 7) is 3.54. The second kappa shape index (κ2) is 11.4. The Kier molecular flexibility index (Phi) is 7.55. The summed E-state index contributed by atoms with van der Waals surface area (Å²) in [5.41, 5.74) is 2.45. The van der Waals surface area contributed by atoms with Gasteiger partial charge in [0, 0.05) is 44.3 Å². The van der Waals surface area contributed by atoms with Gasteiger partial charge in [-0.1, -0.05) is 29.5 Å². The lowest BCUT2D eigenvalue weighted by atomic mass is 9.84. The highest BCUT2D eigenvalue weighted by Gasteiger charge is 2.40. The molecule has 1 aliphatic carbocycles. The third kappa shape index (κ3) is 5.45. The van der Waals surface area contributed by atoms with Gasteiger partial charge in [-0.3, -0.25) is 4.79 Å². The second-order valence-corrected chi connectivity index (χ2v) is 14.3. The van der Waals surface area contributed by atoms with Crippen LogP contribution in [0.4, 0.5) is 14.6 Å².